The second-order valence-electron chi connectivity index (χ2n) is 4.83. The van der Waals surface area contributed by atoms with Gasteiger partial charge in [-0.05, 0) is 44.2 Å². The van der Waals surface area contributed by atoms with E-state index < -0.39 is 0 Å². The molecule has 1 unspecified atom stereocenters. The largest absolute Gasteiger partial charge is 0.368 e. The fourth-order valence-corrected chi connectivity index (χ4v) is 2.99. The number of aryl methyl sites for hydroxylation is 2. The van der Waals surface area contributed by atoms with E-state index in [1.165, 1.54) is 16.8 Å². The number of piperazine rings is 1. The predicted molar refractivity (Wildman–Crippen MR) is 76.5 cm³/mol. The summed E-state index contributed by atoms with van der Waals surface area (Å²) in [5, 5.41) is 7.10. The molecule has 17 heavy (non-hydrogen) atoms. The minimum Gasteiger partial charge on any atom is -0.368 e. The minimum atomic E-state index is 0.340. The molecule has 1 aliphatic rings. The second kappa shape index (κ2) is 5.38. The summed E-state index contributed by atoms with van der Waals surface area (Å²) < 4.78 is 1.15. The normalized spacial score (nSPS) is 21.5. The Balaban J connectivity index is 2.12. The Labute approximate surface area is 112 Å². The first-order valence-corrected chi connectivity index (χ1v) is 6.81. The number of benzene rings is 1. The molecule has 2 N–H and O–H groups in total. The van der Waals surface area contributed by atoms with Crippen molar-refractivity contribution in [2.75, 3.05) is 32.0 Å². The van der Waals surface area contributed by atoms with Crippen molar-refractivity contribution in [2.45, 2.75) is 20.0 Å². The zero-order valence-corrected chi connectivity index (χ0v) is 12.3. The van der Waals surface area contributed by atoms with Crippen LogP contribution in [0.5, 0.6) is 0 Å². The maximum atomic E-state index is 3.60. The quantitative estimate of drug-likeness (QED) is 0.877. The molecule has 0 spiro atoms. The number of halogens is 1. The summed E-state index contributed by atoms with van der Waals surface area (Å²) in [5.41, 5.74) is 3.82. The third-order valence-corrected chi connectivity index (χ3v) is 3.65. The van der Waals surface area contributed by atoms with Gasteiger partial charge in [0, 0.05) is 29.8 Å². The molecule has 1 aromatic rings. The Kier molecular flexibility index (Phi) is 4.07. The molecule has 1 aromatic carbocycles. The number of likely N-dealkylation sites (N-methyl/N-ethyl adjacent to an activating group) is 1. The lowest BCUT2D eigenvalue weighted by Gasteiger charge is -2.32. The van der Waals surface area contributed by atoms with E-state index in [9.17, 15) is 0 Å². The topological polar surface area (TPSA) is 27.3 Å². The first kappa shape index (κ1) is 12.9. The van der Waals surface area contributed by atoms with E-state index >= 15 is 0 Å². The van der Waals surface area contributed by atoms with Crippen molar-refractivity contribution in [3.8, 4) is 0 Å². The molecular weight excluding hydrogens is 278 g/mol. The molecular formula is C13H20BrN3. The lowest BCUT2D eigenvalue weighted by Crippen LogP contribution is -2.52. The van der Waals surface area contributed by atoms with E-state index in [-0.39, 0.29) is 0 Å². The molecule has 0 saturated carbocycles. The monoisotopic (exact) mass is 297 g/mol. The summed E-state index contributed by atoms with van der Waals surface area (Å²) in [6, 6.07) is 4.31. The Morgan fingerprint density at radius 3 is 2.59 bits per heavy atom. The zero-order valence-electron chi connectivity index (χ0n) is 10.7. The molecule has 0 radical (unpaired) electrons. The van der Waals surface area contributed by atoms with E-state index in [0.29, 0.717) is 6.17 Å². The smallest absolute Gasteiger partial charge is 0.0898 e. The van der Waals surface area contributed by atoms with Crippen molar-refractivity contribution < 1.29 is 0 Å². The van der Waals surface area contributed by atoms with Gasteiger partial charge in [0.25, 0.3) is 0 Å². The van der Waals surface area contributed by atoms with Crippen molar-refractivity contribution in [3.63, 3.8) is 0 Å². The molecule has 3 nitrogen and oxygen atoms in total. The van der Waals surface area contributed by atoms with Crippen LogP contribution in [-0.2, 0) is 0 Å². The summed E-state index contributed by atoms with van der Waals surface area (Å²) >= 11 is 3.53. The van der Waals surface area contributed by atoms with Crippen molar-refractivity contribution in [1.29, 1.82) is 0 Å². The highest BCUT2D eigenvalue weighted by Crippen LogP contribution is 2.25. The first-order valence-electron chi connectivity index (χ1n) is 6.01. The number of rotatable bonds is 2. The van der Waals surface area contributed by atoms with E-state index in [4.69, 9.17) is 0 Å². The number of anilines is 1. The molecule has 0 amide bonds. The highest BCUT2D eigenvalue weighted by molar-refractivity contribution is 9.10. The fourth-order valence-electron chi connectivity index (χ4n) is 2.31. The third kappa shape index (κ3) is 3.21. The lowest BCUT2D eigenvalue weighted by molar-refractivity contribution is 0.252. The summed E-state index contributed by atoms with van der Waals surface area (Å²) in [5.74, 6) is 0. The van der Waals surface area contributed by atoms with E-state index in [1.807, 2.05) is 0 Å². The number of hydrogen-bond acceptors (Lipinski definition) is 3. The van der Waals surface area contributed by atoms with Crippen LogP contribution in [0.1, 0.15) is 11.1 Å². The lowest BCUT2D eigenvalue weighted by atomic mass is 10.1. The van der Waals surface area contributed by atoms with Crippen LogP contribution in [0.3, 0.4) is 0 Å². The predicted octanol–water partition coefficient (Wildman–Crippen LogP) is 2.34. The van der Waals surface area contributed by atoms with Crippen LogP contribution in [0.4, 0.5) is 5.69 Å². The molecule has 1 saturated heterocycles. The van der Waals surface area contributed by atoms with E-state index in [0.717, 1.165) is 24.1 Å². The molecule has 1 fully saturated rings. The molecule has 0 bridgehead atoms. The highest BCUT2D eigenvalue weighted by atomic mass is 79.9. The Morgan fingerprint density at radius 2 is 2.00 bits per heavy atom. The first-order chi connectivity index (χ1) is 8.06. The van der Waals surface area contributed by atoms with Gasteiger partial charge in [-0.3, -0.25) is 5.32 Å². The van der Waals surface area contributed by atoms with Gasteiger partial charge in [0.05, 0.1) is 6.17 Å². The molecule has 1 aliphatic heterocycles. The standard InChI is InChI=1S/C13H20BrN3/c1-9-6-11(14)7-10(2)13(9)16-12-8-17(3)5-4-15-12/h6-7,12,15-16H,4-5,8H2,1-3H3. The van der Waals surface area contributed by atoms with Crippen LogP contribution in [0.25, 0.3) is 0 Å². The second-order valence-corrected chi connectivity index (χ2v) is 5.74. The Morgan fingerprint density at radius 1 is 1.35 bits per heavy atom. The van der Waals surface area contributed by atoms with Crippen molar-refractivity contribution in [2.24, 2.45) is 0 Å². The van der Waals surface area contributed by atoms with Gasteiger partial charge in [0.15, 0.2) is 0 Å². The van der Waals surface area contributed by atoms with Crippen LogP contribution < -0.4 is 10.6 Å². The Hall–Kier alpha value is -0.580. The Bertz CT molecular complexity index is 383. The van der Waals surface area contributed by atoms with Crippen molar-refractivity contribution in [3.05, 3.63) is 27.7 Å². The van der Waals surface area contributed by atoms with Crippen molar-refractivity contribution in [1.82, 2.24) is 10.2 Å². The maximum absolute atomic E-state index is 3.60. The number of nitrogens with one attached hydrogen (secondary N) is 2. The van der Waals surface area contributed by atoms with Crippen LogP contribution in [0, 0.1) is 13.8 Å². The maximum Gasteiger partial charge on any atom is 0.0898 e. The van der Waals surface area contributed by atoms with Gasteiger partial charge in [0.2, 0.25) is 0 Å². The average Bonchev–Trinajstić information content (AvgIpc) is 2.23. The average molecular weight is 298 g/mol. The van der Waals surface area contributed by atoms with E-state index in [1.54, 1.807) is 0 Å². The SMILES string of the molecule is Cc1cc(Br)cc(C)c1NC1CN(C)CCN1. The molecule has 94 valence electrons. The summed E-state index contributed by atoms with van der Waals surface area (Å²) in [4.78, 5) is 2.34. The molecule has 0 aromatic heterocycles. The van der Waals surface area contributed by atoms with Gasteiger partial charge in [-0.2, -0.15) is 0 Å². The van der Waals surface area contributed by atoms with Crippen LogP contribution in [0.15, 0.2) is 16.6 Å². The van der Waals surface area contributed by atoms with Gasteiger partial charge >= 0.3 is 0 Å². The summed E-state index contributed by atoms with van der Waals surface area (Å²) in [6.45, 7) is 7.49. The third-order valence-electron chi connectivity index (χ3n) is 3.19. The summed E-state index contributed by atoms with van der Waals surface area (Å²) in [6.07, 6.45) is 0.340. The molecule has 1 heterocycles. The summed E-state index contributed by atoms with van der Waals surface area (Å²) in [7, 11) is 2.16. The number of nitrogens with zero attached hydrogens (tertiary/aromatic N) is 1. The van der Waals surface area contributed by atoms with Gasteiger partial charge in [-0.25, -0.2) is 0 Å². The molecule has 2 rings (SSSR count). The molecule has 1 atom stereocenters. The highest BCUT2D eigenvalue weighted by Gasteiger charge is 2.17. The van der Waals surface area contributed by atoms with Gasteiger partial charge < -0.3 is 10.2 Å². The van der Waals surface area contributed by atoms with E-state index in [2.05, 4.69) is 64.5 Å². The molecule has 4 heteroatoms. The van der Waals surface area contributed by atoms with Gasteiger partial charge in [-0.15, -0.1) is 0 Å². The zero-order chi connectivity index (χ0) is 12.4. The van der Waals surface area contributed by atoms with Gasteiger partial charge in [-0.1, -0.05) is 15.9 Å². The molecule has 0 aliphatic carbocycles. The minimum absolute atomic E-state index is 0.340. The fraction of sp³-hybridized carbons (Fsp3) is 0.538. The van der Waals surface area contributed by atoms with Crippen molar-refractivity contribution >= 4 is 21.6 Å². The van der Waals surface area contributed by atoms with Crippen LogP contribution in [0.2, 0.25) is 0 Å². The number of hydrogen-bond donors (Lipinski definition) is 2. The van der Waals surface area contributed by atoms with Gasteiger partial charge in [0.1, 0.15) is 0 Å². The van der Waals surface area contributed by atoms with Crippen LogP contribution in [-0.4, -0.2) is 37.7 Å². The van der Waals surface area contributed by atoms with Crippen LogP contribution >= 0.6 is 15.9 Å².